The number of hydrogen-bond acceptors (Lipinski definition) is 2. The van der Waals surface area contributed by atoms with Gasteiger partial charge < -0.3 is 9.67 Å². The van der Waals surface area contributed by atoms with E-state index in [1.54, 1.807) is 0 Å². The molecule has 0 saturated heterocycles. The highest BCUT2D eigenvalue weighted by molar-refractivity contribution is 5.56. The molecule has 7 atom stereocenters. The normalized spacial score (nSPS) is 50.1. The zero-order chi connectivity index (χ0) is 16.5. The molecule has 1 heterocycles. The van der Waals surface area contributed by atoms with Crippen molar-refractivity contribution in [1.29, 1.82) is 0 Å². The van der Waals surface area contributed by atoms with Crippen LogP contribution >= 0.6 is 0 Å². The van der Waals surface area contributed by atoms with E-state index >= 15 is 0 Å². The standard InChI is InChI=1S/C21H30N2O/c1-20-8-7-18-16(4-3-14-11-15(24)12-21(14,18)2)17(20)5-6-19(20)23-10-9-22-13-23/h6,9-10,13-18,24H,3-5,7-8,11-12H2,1-2H3/t14-,15?,16-,17-,18?,20-,21-/m0/s1. The van der Waals surface area contributed by atoms with Crippen molar-refractivity contribution < 1.29 is 5.11 Å². The van der Waals surface area contributed by atoms with Crippen LogP contribution in [0.25, 0.3) is 5.70 Å². The Labute approximate surface area is 145 Å². The Morgan fingerprint density at radius 3 is 2.88 bits per heavy atom. The van der Waals surface area contributed by atoms with Crippen LogP contribution in [-0.2, 0) is 0 Å². The number of imidazole rings is 1. The average Bonchev–Trinajstić information content (AvgIpc) is 3.22. The number of rotatable bonds is 1. The number of aliphatic hydroxyl groups is 1. The molecule has 4 aliphatic rings. The Morgan fingerprint density at radius 2 is 2.08 bits per heavy atom. The lowest BCUT2D eigenvalue weighted by molar-refractivity contribution is -0.0666. The largest absolute Gasteiger partial charge is 0.393 e. The van der Waals surface area contributed by atoms with E-state index in [0.29, 0.717) is 10.8 Å². The summed E-state index contributed by atoms with van der Waals surface area (Å²) in [7, 11) is 0. The lowest BCUT2D eigenvalue weighted by Gasteiger charge is -2.57. The molecule has 3 fully saturated rings. The second-order valence-electron chi connectivity index (χ2n) is 9.50. The molecule has 2 unspecified atom stereocenters. The Bertz CT molecular complexity index is 665. The monoisotopic (exact) mass is 326 g/mol. The molecule has 0 radical (unpaired) electrons. The van der Waals surface area contributed by atoms with E-state index in [2.05, 4.69) is 35.7 Å². The van der Waals surface area contributed by atoms with Crippen LogP contribution in [-0.4, -0.2) is 20.8 Å². The van der Waals surface area contributed by atoms with Crippen LogP contribution in [0.15, 0.2) is 24.8 Å². The van der Waals surface area contributed by atoms with Gasteiger partial charge in [0.15, 0.2) is 0 Å². The summed E-state index contributed by atoms with van der Waals surface area (Å²) in [5, 5.41) is 10.3. The van der Waals surface area contributed by atoms with Crippen LogP contribution in [0.3, 0.4) is 0 Å². The third kappa shape index (κ3) is 1.85. The Balaban J connectivity index is 1.47. The van der Waals surface area contributed by atoms with Gasteiger partial charge in [-0.1, -0.05) is 19.9 Å². The van der Waals surface area contributed by atoms with Crippen molar-refractivity contribution in [1.82, 2.24) is 9.55 Å². The van der Waals surface area contributed by atoms with Crippen LogP contribution in [0.1, 0.15) is 58.8 Å². The maximum atomic E-state index is 10.3. The summed E-state index contributed by atoms with van der Waals surface area (Å²) in [6.07, 6.45) is 17.1. The second-order valence-corrected chi connectivity index (χ2v) is 9.50. The first-order valence-electron chi connectivity index (χ1n) is 9.89. The maximum Gasteiger partial charge on any atom is 0.0989 e. The van der Waals surface area contributed by atoms with Gasteiger partial charge in [-0.25, -0.2) is 4.98 Å². The molecule has 0 aliphatic heterocycles. The fraction of sp³-hybridized carbons (Fsp3) is 0.762. The first kappa shape index (κ1) is 15.2. The van der Waals surface area contributed by atoms with Crippen molar-refractivity contribution in [2.45, 2.75) is 64.9 Å². The quantitative estimate of drug-likeness (QED) is 0.833. The molecule has 130 valence electrons. The highest BCUT2D eigenvalue weighted by Crippen LogP contribution is 2.67. The van der Waals surface area contributed by atoms with Crippen molar-refractivity contribution in [2.24, 2.45) is 34.5 Å². The number of fused-ring (bicyclic) bond motifs is 5. The van der Waals surface area contributed by atoms with Gasteiger partial charge >= 0.3 is 0 Å². The molecule has 0 amide bonds. The van der Waals surface area contributed by atoms with E-state index < -0.39 is 0 Å². The summed E-state index contributed by atoms with van der Waals surface area (Å²) in [5.41, 5.74) is 2.19. The van der Waals surface area contributed by atoms with Gasteiger partial charge in [0.1, 0.15) is 0 Å². The number of aromatic nitrogens is 2. The molecule has 1 aromatic rings. The van der Waals surface area contributed by atoms with Crippen LogP contribution in [0.4, 0.5) is 0 Å². The molecule has 0 aromatic carbocycles. The Morgan fingerprint density at radius 1 is 1.21 bits per heavy atom. The molecular formula is C21H30N2O. The fourth-order valence-electron chi connectivity index (χ4n) is 7.51. The summed E-state index contributed by atoms with van der Waals surface area (Å²) in [5.74, 6) is 3.21. The highest BCUT2D eigenvalue weighted by atomic mass is 16.3. The van der Waals surface area contributed by atoms with Crippen molar-refractivity contribution in [2.75, 3.05) is 0 Å². The van der Waals surface area contributed by atoms with E-state index in [9.17, 15) is 5.11 Å². The number of aliphatic hydroxyl groups excluding tert-OH is 1. The summed E-state index contributed by atoms with van der Waals surface area (Å²) in [6, 6.07) is 0. The Hall–Kier alpha value is -1.09. The van der Waals surface area contributed by atoms with Crippen molar-refractivity contribution in [3.05, 3.63) is 24.8 Å². The summed E-state index contributed by atoms with van der Waals surface area (Å²) < 4.78 is 2.26. The lowest BCUT2D eigenvalue weighted by atomic mass is 9.48. The predicted octanol–water partition coefficient (Wildman–Crippen LogP) is 4.35. The van der Waals surface area contributed by atoms with Gasteiger partial charge in [0.05, 0.1) is 12.4 Å². The highest BCUT2D eigenvalue weighted by Gasteiger charge is 2.60. The molecule has 1 aromatic heterocycles. The van der Waals surface area contributed by atoms with Gasteiger partial charge in [-0.05, 0) is 74.0 Å². The van der Waals surface area contributed by atoms with Crippen molar-refractivity contribution in [3.63, 3.8) is 0 Å². The van der Waals surface area contributed by atoms with Crippen LogP contribution in [0, 0.1) is 34.5 Å². The van der Waals surface area contributed by atoms with Crippen molar-refractivity contribution in [3.8, 4) is 0 Å². The van der Waals surface area contributed by atoms with Gasteiger partial charge in [0, 0.05) is 23.5 Å². The van der Waals surface area contributed by atoms with E-state index in [0.717, 1.165) is 36.5 Å². The number of hydrogen-bond donors (Lipinski definition) is 1. The number of nitrogens with zero attached hydrogens (tertiary/aromatic N) is 2. The van der Waals surface area contributed by atoms with Gasteiger partial charge in [0.2, 0.25) is 0 Å². The van der Waals surface area contributed by atoms with Crippen molar-refractivity contribution >= 4 is 5.70 Å². The molecule has 0 spiro atoms. The molecule has 5 rings (SSSR count). The maximum absolute atomic E-state index is 10.3. The minimum atomic E-state index is -0.0460. The van der Waals surface area contributed by atoms with Gasteiger partial charge in [-0.15, -0.1) is 0 Å². The third-order valence-electron chi connectivity index (χ3n) is 8.62. The van der Waals surface area contributed by atoms with Gasteiger partial charge in [0.25, 0.3) is 0 Å². The first-order chi connectivity index (χ1) is 11.5. The molecule has 4 aliphatic carbocycles. The predicted molar refractivity (Wildman–Crippen MR) is 95.0 cm³/mol. The topological polar surface area (TPSA) is 38.0 Å². The van der Waals surface area contributed by atoms with Gasteiger partial charge in [-0.2, -0.15) is 0 Å². The number of allylic oxidation sites excluding steroid dienone is 2. The summed E-state index contributed by atoms with van der Waals surface area (Å²) in [4.78, 5) is 4.27. The molecule has 3 nitrogen and oxygen atoms in total. The molecule has 0 bridgehead atoms. The summed E-state index contributed by atoms with van der Waals surface area (Å²) >= 11 is 0. The van der Waals surface area contributed by atoms with E-state index in [-0.39, 0.29) is 6.10 Å². The van der Waals surface area contributed by atoms with Crippen LogP contribution < -0.4 is 0 Å². The van der Waals surface area contributed by atoms with Gasteiger partial charge in [-0.3, -0.25) is 0 Å². The van der Waals surface area contributed by atoms with Crippen LogP contribution in [0.2, 0.25) is 0 Å². The summed E-state index contributed by atoms with van der Waals surface area (Å²) in [6.45, 7) is 5.01. The van der Waals surface area contributed by atoms with Crippen LogP contribution in [0.5, 0.6) is 0 Å². The molecule has 3 heteroatoms. The first-order valence-corrected chi connectivity index (χ1v) is 9.89. The average molecular weight is 326 g/mol. The smallest absolute Gasteiger partial charge is 0.0989 e. The Kier molecular flexibility index (Phi) is 3.14. The third-order valence-corrected chi connectivity index (χ3v) is 8.62. The molecule has 1 N–H and O–H groups in total. The van der Waals surface area contributed by atoms with E-state index in [4.69, 9.17) is 0 Å². The second kappa shape index (κ2) is 4.97. The van der Waals surface area contributed by atoms with E-state index in [1.807, 2.05) is 12.5 Å². The minimum absolute atomic E-state index is 0.0460. The lowest BCUT2D eigenvalue weighted by Crippen LogP contribution is -2.50. The SMILES string of the molecule is C[C@]12CCC3[C@@H](CC[C@H]4CC(O)C[C@]34C)[C@@H]1CC=C2n1ccnc1. The minimum Gasteiger partial charge on any atom is -0.393 e. The molecule has 24 heavy (non-hydrogen) atoms. The zero-order valence-electron chi connectivity index (χ0n) is 15.0. The molecule has 3 saturated carbocycles. The zero-order valence-corrected chi connectivity index (χ0v) is 15.0. The fourth-order valence-corrected chi connectivity index (χ4v) is 7.51. The van der Waals surface area contributed by atoms with E-state index in [1.165, 1.54) is 37.8 Å². The molecular weight excluding hydrogens is 296 g/mol.